The molecule has 55 heteroatoms. The zero-order chi connectivity index (χ0) is 106. The van der Waals surface area contributed by atoms with Gasteiger partial charge >= 0.3 is 5.97 Å². The number of likely N-dealkylation sites (tertiary alicyclic amines) is 2. The molecule has 0 radical (unpaired) electrons. The van der Waals surface area contributed by atoms with E-state index in [-0.39, 0.29) is 128 Å². The van der Waals surface area contributed by atoms with Crippen LogP contribution in [0.5, 0.6) is 11.5 Å². The Hall–Kier alpha value is -15.1. The summed E-state index contributed by atoms with van der Waals surface area (Å²) in [6.45, 7) is -2.45. The number of nitrogens with zero attached hydrogens (tertiary/aromatic N) is 2. The van der Waals surface area contributed by atoms with Gasteiger partial charge in [0.05, 0.1) is 57.6 Å². The van der Waals surface area contributed by atoms with Gasteiger partial charge in [-0.25, -0.2) is 4.79 Å². The minimum atomic E-state index is -2.06. The Morgan fingerprint density at radius 3 is 1.24 bits per heavy atom. The van der Waals surface area contributed by atoms with E-state index in [4.69, 9.17) is 45.2 Å². The normalized spacial score (nSPS) is 16.5. The Balaban J connectivity index is 1.22. The predicted octanol–water partition coefficient (Wildman–Crippen LogP) is -13.4. The zero-order valence-corrected chi connectivity index (χ0v) is 79.1. The highest BCUT2D eigenvalue weighted by molar-refractivity contribution is 6.02. The summed E-state index contributed by atoms with van der Waals surface area (Å²) in [6, 6.07) is -6.73. The summed E-state index contributed by atoms with van der Waals surface area (Å²) in [4.78, 5) is 276. The minimum Gasteiger partial charge on any atom is -0.508 e. The first-order chi connectivity index (χ1) is 67.7. The monoisotopic (exact) mass is 2020 g/mol. The van der Waals surface area contributed by atoms with E-state index in [1.54, 1.807) is 42.5 Å². The fraction of sp³-hybridized carbons (Fsp3) is 0.545. The number of amides is 19. The first kappa shape index (κ1) is 118. The third-order valence-electron chi connectivity index (χ3n) is 22.6. The molecule has 143 heavy (non-hydrogen) atoms. The molecular weight excluding hydrogens is 1880 g/mol. The SMILES string of the molecule is CC(NC(=O)C(CCCNC(=N)N)NC(=O)C(CCCNC(=N)N)NC(=O)C(CO)NC(=O)C(CO)NC(=O)C(CO)NC(=O)CNC(=O)C(Cc1ccc(O)cc1)NC(=O)CNC(=O)C(NC(=O)C1CCCN1C(=O)C(CCCCN)NC(=O)C(CC(N)=O)NC(=O)C(Cc1ccccc1)NC(=O)C(N)Cc1ccc(O)cc1)C(C)O)C(=O)N1CCCC1C(=O)NC(CCC(N)=O)C(=O)NC(C(=O)O)C(C)O. The van der Waals surface area contributed by atoms with Gasteiger partial charge in [0.1, 0.15) is 96.1 Å². The average Bonchev–Trinajstić information content (AvgIpc) is 1.69. The van der Waals surface area contributed by atoms with Gasteiger partial charge in [0.15, 0.2) is 18.0 Å². The summed E-state index contributed by atoms with van der Waals surface area (Å²) in [5, 5.41) is 137. The maximum Gasteiger partial charge on any atom is 0.328 e. The molecule has 0 aliphatic carbocycles. The van der Waals surface area contributed by atoms with Crippen molar-refractivity contribution in [1.82, 2.24) is 100 Å². The maximum absolute atomic E-state index is 14.7. The molecule has 0 aromatic heterocycles. The fourth-order valence-electron chi connectivity index (χ4n) is 15.0. The van der Waals surface area contributed by atoms with Gasteiger partial charge in [-0.05, 0) is 152 Å². The number of benzene rings is 3. The van der Waals surface area contributed by atoms with E-state index in [1.165, 1.54) is 43.3 Å². The lowest BCUT2D eigenvalue weighted by atomic mass is 10.0. The Morgan fingerprint density at radius 2 is 0.776 bits per heavy atom. The third-order valence-corrected chi connectivity index (χ3v) is 22.6. The Kier molecular flexibility index (Phi) is 49.8. The number of phenols is 2. The molecule has 3 aromatic rings. The number of aliphatic carboxylic acids is 1. The van der Waals surface area contributed by atoms with E-state index in [0.29, 0.717) is 23.1 Å². The Bertz CT molecular complexity index is 4910. The number of aromatic hydroxyl groups is 2. The number of phenolic OH excluding ortho intramolecular Hbond substituents is 2. The van der Waals surface area contributed by atoms with Gasteiger partial charge in [-0.2, -0.15) is 0 Å². The second-order valence-corrected chi connectivity index (χ2v) is 34.1. The molecule has 19 amide bonds. The lowest BCUT2D eigenvalue weighted by Crippen LogP contribution is -2.61. The molecule has 18 unspecified atom stereocenters. The minimum absolute atomic E-state index is 0.00950. The van der Waals surface area contributed by atoms with Crippen LogP contribution >= 0.6 is 0 Å². The molecule has 2 saturated heterocycles. The van der Waals surface area contributed by atoms with E-state index in [9.17, 15) is 137 Å². The summed E-state index contributed by atoms with van der Waals surface area (Å²) in [5.41, 5.74) is 35.3. The largest absolute Gasteiger partial charge is 0.508 e. The zero-order valence-electron chi connectivity index (χ0n) is 79.1. The van der Waals surface area contributed by atoms with Gasteiger partial charge < -0.3 is 175 Å². The van der Waals surface area contributed by atoms with Crippen LogP contribution in [0.1, 0.15) is 127 Å². The number of unbranched alkanes of at least 4 members (excludes halogenated alkanes) is 1. The van der Waals surface area contributed by atoms with Crippen molar-refractivity contribution < 1.29 is 137 Å². The number of rotatable bonds is 61. The molecule has 0 saturated carbocycles. The summed E-state index contributed by atoms with van der Waals surface area (Å²) < 4.78 is 0. The molecule has 2 aliphatic rings. The van der Waals surface area contributed by atoms with Crippen LogP contribution in [0.25, 0.3) is 0 Å². The van der Waals surface area contributed by atoms with Crippen molar-refractivity contribution in [2.24, 2.45) is 34.4 Å². The Morgan fingerprint density at radius 1 is 0.392 bits per heavy atom. The van der Waals surface area contributed by atoms with Crippen LogP contribution in [0.2, 0.25) is 0 Å². The number of guanidine groups is 2. The molecule has 55 nitrogen and oxygen atoms in total. The summed E-state index contributed by atoms with van der Waals surface area (Å²) in [7, 11) is 0. The third kappa shape index (κ3) is 40.6. The average molecular weight is 2020 g/mol. The van der Waals surface area contributed by atoms with Crippen molar-refractivity contribution in [3.8, 4) is 11.5 Å². The molecule has 5 rings (SSSR count). The van der Waals surface area contributed by atoms with Gasteiger partial charge in [-0.15, -0.1) is 0 Å². The van der Waals surface area contributed by atoms with Crippen molar-refractivity contribution in [2.45, 2.75) is 239 Å². The van der Waals surface area contributed by atoms with Gasteiger partial charge in [0.25, 0.3) is 0 Å². The maximum atomic E-state index is 14.7. The van der Waals surface area contributed by atoms with Crippen molar-refractivity contribution >= 4 is 130 Å². The summed E-state index contributed by atoms with van der Waals surface area (Å²) in [5.74, 6) is -23.1. The number of hydrogen-bond donors (Lipinski definition) is 33. The van der Waals surface area contributed by atoms with Crippen molar-refractivity contribution in [3.05, 3.63) is 95.6 Å². The van der Waals surface area contributed by atoms with E-state index in [0.717, 1.165) is 23.6 Å². The molecule has 0 bridgehead atoms. The van der Waals surface area contributed by atoms with Crippen LogP contribution in [0, 0.1) is 10.8 Å². The number of nitrogens with two attached hydrogens (primary N) is 6. The van der Waals surface area contributed by atoms with Gasteiger partial charge in [0, 0.05) is 45.4 Å². The van der Waals surface area contributed by atoms with Crippen LogP contribution < -0.4 is 125 Å². The number of carbonyl (C=O) groups excluding carboxylic acids is 19. The van der Waals surface area contributed by atoms with Gasteiger partial charge in [-0.1, -0.05) is 54.6 Å². The number of carboxylic acid groups (broad SMARTS) is 1. The molecule has 0 spiro atoms. The summed E-state index contributed by atoms with van der Waals surface area (Å²) >= 11 is 0. The number of aliphatic hydroxyl groups excluding tert-OH is 5. The highest BCUT2D eigenvalue weighted by Gasteiger charge is 2.44. The lowest BCUT2D eigenvalue weighted by molar-refractivity contribution is -0.146. The van der Waals surface area contributed by atoms with Gasteiger partial charge in [0.2, 0.25) is 112 Å². The smallest absolute Gasteiger partial charge is 0.328 e. The highest BCUT2D eigenvalue weighted by Crippen LogP contribution is 2.24. The van der Waals surface area contributed by atoms with Crippen molar-refractivity contribution in [2.75, 3.05) is 65.6 Å². The van der Waals surface area contributed by atoms with E-state index >= 15 is 0 Å². The Labute approximate surface area is 820 Å². The topological polar surface area (TPSA) is 918 Å². The summed E-state index contributed by atoms with van der Waals surface area (Å²) in [6.07, 6.45) is -5.34. The quantitative estimate of drug-likeness (QED) is 0.0142. The van der Waals surface area contributed by atoms with Crippen LogP contribution in [-0.4, -0.2) is 355 Å². The van der Waals surface area contributed by atoms with E-state index < -0.39 is 291 Å². The molecule has 3 aromatic carbocycles. The lowest BCUT2D eigenvalue weighted by Gasteiger charge is -2.31. The van der Waals surface area contributed by atoms with Crippen LogP contribution in [-0.2, 0) is 115 Å². The van der Waals surface area contributed by atoms with Crippen LogP contribution in [0.4, 0.5) is 0 Å². The molecule has 2 aliphatic heterocycles. The second kappa shape index (κ2) is 60.1. The molecule has 788 valence electrons. The van der Waals surface area contributed by atoms with Crippen LogP contribution in [0.15, 0.2) is 78.9 Å². The standard InChI is InChI=1S/C88H133N27O28/c1-44(84(140)114-33-11-18-63(114)81(137)106-55(28-29-65(91)123)75(131)113-70(46(3)120)86(142)143)101-73(129)53(16-9-31-97-87(93)94)104-74(130)54(17-10-32-98-88(95)96)105-79(135)61(42-117)111-80(136)62(43-118)110-78(134)60(41-116)103-68(126)39-99-72(128)57(37-49-22-26-51(122)27-23-49)102-67(125)40-100-83(139)69(45(2)119)112-82(138)64-19-12-34-115(64)85(141)56(15-7-8-30-89)107-77(133)59(38-66(92)124)109-76(132)58(36-47-13-5-4-6-14-47)108-71(127)52(90)35-48-20-24-50(121)25-21-48/h4-6,13-14,20-27,44-46,52-64,69-70,116-122H,7-12,15-19,28-43,89-90H2,1-3H3,(H2,91,123)(H2,92,124)(H,99,128)(H,100,139)(H,101,129)(H,102,125)(H,103,126)(H,104,130)(H,105,135)(H,106,137)(H,107,133)(H,108,127)(H,109,132)(H,110,134)(H,111,136)(H,112,138)(H,113,131)(H,142,143)(H4,93,94,97)(H4,95,96,98). The number of nitrogens with one attached hydrogen (secondary N) is 19. The highest BCUT2D eigenvalue weighted by atomic mass is 16.4. The number of carboxylic acids is 1. The van der Waals surface area contributed by atoms with Crippen molar-refractivity contribution in [1.29, 1.82) is 10.8 Å². The number of primary amides is 2. The molecule has 2 heterocycles. The molecule has 39 N–H and O–H groups in total. The second-order valence-electron chi connectivity index (χ2n) is 34.1. The van der Waals surface area contributed by atoms with Crippen LogP contribution in [0.3, 0.4) is 0 Å². The van der Waals surface area contributed by atoms with E-state index in [1.807, 2.05) is 5.32 Å². The predicted molar refractivity (Wildman–Crippen MR) is 504 cm³/mol. The number of hydrogen-bond acceptors (Lipinski definition) is 31. The molecular formula is C88H133N27O28. The molecule has 18 atom stereocenters. The first-order valence-electron chi connectivity index (χ1n) is 46.0. The van der Waals surface area contributed by atoms with Gasteiger partial charge in [-0.3, -0.25) is 102 Å². The van der Waals surface area contributed by atoms with Crippen molar-refractivity contribution in [3.63, 3.8) is 0 Å². The number of aliphatic hydroxyl groups is 5. The fourth-order valence-corrected chi connectivity index (χ4v) is 15.0. The van der Waals surface area contributed by atoms with E-state index in [2.05, 4.69) is 85.1 Å². The number of carbonyl (C=O) groups is 20. The first-order valence-corrected chi connectivity index (χ1v) is 46.0. The molecule has 2 fully saturated rings.